The highest BCUT2D eigenvalue weighted by Crippen LogP contribution is 2.28. The van der Waals surface area contributed by atoms with Crippen molar-refractivity contribution in [1.82, 2.24) is 4.98 Å². The lowest BCUT2D eigenvalue weighted by Crippen LogP contribution is -1.89. The van der Waals surface area contributed by atoms with Gasteiger partial charge in [0.1, 0.15) is 0 Å². The molecule has 84 valence electrons. The van der Waals surface area contributed by atoms with Crippen LogP contribution in [0.25, 0.3) is 11.3 Å². The summed E-state index contributed by atoms with van der Waals surface area (Å²) in [5, 5.41) is 9.89. The second kappa shape index (κ2) is 5.08. The molecule has 1 N–H and O–H groups in total. The number of thiazole rings is 1. The minimum Gasteiger partial charge on any atom is -0.396 e. The van der Waals surface area contributed by atoms with Gasteiger partial charge in [-0.05, 0) is 19.1 Å². The van der Waals surface area contributed by atoms with Gasteiger partial charge in [-0.3, -0.25) is 0 Å². The van der Waals surface area contributed by atoms with Crippen molar-refractivity contribution in [2.24, 2.45) is 0 Å². The molecule has 0 radical (unpaired) electrons. The van der Waals surface area contributed by atoms with E-state index in [-0.39, 0.29) is 6.61 Å². The summed E-state index contributed by atoms with van der Waals surface area (Å²) < 4.78 is 1.07. The van der Waals surface area contributed by atoms with Crippen molar-refractivity contribution in [3.63, 3.8) is 0 Å². The quantitative estimate of drug-likeness (QED) is 0.942. The predicted molar refractivity (Wildman–Crippen MR) is 70.8 cm³/mol. The molecule has 0 unspecified atom stereocenters. The summed E-state index contributed by atoms with van der Waals surface area (Å²) in [4.78, 5) is 5.74. The van der Waals surface area contributed by atoms with Crippen LogP contribution in [0.2, 0.25) is 0 Å². The molecular weight excluding hydrogens is 286 g/mol. The first-order valence-electron chi connectivity index (χ1n) is 5.04. The summed E-state index contributed by atoms with van der Waals surface area (Å²) in [6.07, 6.45) is 0.641. The van der Waals surface area contributed by atoms with Gasteiger partial charge >= 0.3 is 0 Å². The molecule has 0 bridgehead atoms. The molecule has 0 aliphatic carbocycles. The van der Waals surface area contributed by atoms with Gasteiger partial charge in [0.15, 0.2) is 0 Å². The average molecular weight is 298 g/mol. The Labute approximate surface area is 107 Å². The number of nitrogens with zero attached hydrogens (tertiary/aromatic N) is 1. The molecule has 0 aliphatic rings. The number of halogens is 1. The van der Waals surface area contributed by atoms with Crippen LogP contribution >= 0.6 is 27.3 Å². The van der Waals surface area contributed by atoms with Crippen molar-refractivity contribution < 1.29 is 5.11 Å². The molecule has 0 amide bonds. The van der Waals surface area contributed by atoms with Gasteiger partial charge in [-0.15, -0.1) is 11.3 Å². The predicted octanol–water partition coefficient (Wildman–Crippen LogP) is 3.42. The molecule has 0 aliphatic heterocycles. The lowest BCUT2D eigenvalue weighted by Gasteiger charge is -1.98. The maximum absolute atomic E-state index is 8.89. The van der Waals surface area contributed by atoms with Crippen molar-refractivity contribution in [1.29, 1.82) is 0 Å². The van der Waals surface area contributed by atoms with Gasteiger partial charge in [-0.25, -0.2) is 4.98 Å². The number of hydrogen-bond donors (Lipinski definition) is 1. The zero-order chi connectivity index (χ0) is 11.5. The van der Waals surface area contributed by atoms with Crippen LogP contribution in [0.1, 0.15) is 9.88 Å². The molecule has 0 spiro atoms. The van der Waals surface area contributed by atoms with Crippen molar-refractivity contribution >= 4 is 27.3 Å². The van der Waals surface area contributed by atoms with Crippen molar-refractivity contribution in [3.05, 3.63) is 38.6 Å². The first-order chi connectivity index (χ1) is 7.70. The average Bonchev–Trinajstić information content (AvgIpc) is 2.61. The van der Waals surface area contributed by atoms with E-state index in [1.165, 1.54) is 4.88 Å². The van der Waals surface area contributed by atoms with Gasteiger partial charge in [0.05, 0.1) is 10.7 Å². The normalized spacial score (nSPS) is 10.7. The van der Waals surface area contributed by atoms with Crippen LogP contribution in [0.15, 0.2) is 28.7 Å². The zero-order valence-electron chi connectivity index (χ0n) is 8.90. The first kappa shape index (κ1) is 11.8. The fourth-order valence-electron chi connectivity index (χ4n) is 1.53. The standard InChI is InChI=1S/C12H12BrNOS/c1-8-12(14-11(16-8)6-7-15)9-2-4-10(13)5-3-9/h2-5,15H,6-7H2,1H3. The van der Waals surface area contributed by atoms with Crippen molar-refractivity contribution in [2.75, 3.05) is 6.61 Å². The molecule has 0 saturated heterocycles. The lowest BCUT2D eigenvalue weighted by atomic mass is 10.1. The minimum absolute atomic E-state index is 0.159. The van der Waals surface area contributed by atoms with E-state index in [0.29, 0.717) is 6.42 Å². The fourth-order valence-corrected chi connectivity index (χ4v) is 2.74. The summed E-state index contributed by atoms with van der Waals surface area (Å²) >= 11 is 5.07. The van der Waals surface area contributed by atoms with Crippen LogP contribution in [0, 0.1) is 6.92 Å². The maximum atomic E-state index is 8.89. The van der Waals surface area contributed by atoms with Gasteiger partial charge in [-0.2, -0.15) is 0 Å². The number of rotatable bonds is 3. The molecule has 1 heterocycles. The Bertz CT molecular complexity index is 478. The van der Waals surface area contributed by atoms with Gasteiger partial charge in [0, 0.05) is 27.9 Å². The van der Waals surface area contributed by atoms with E-state index in [4.69, 9.17) is 5.11 Å². The van der Waals surface area contributed by atoms with Gasteiger partial charge in [0.2, 0.25) is 0 Å². The Hall–Kier alpha value is -0.710. The van der Waals surface area contributed by atoms with Crippen LogP contribution in [-0.2, 0) is 6.42 Å². The third kappa shape index (κ3) is 2.51. The van der Waals surface area contributed by atoms with E-state index >= 15 is 0 Å². The third-order valence-corrected chi connectivity index (χ3v) is 3.84. The smallest absolute Gasteiger partial charge is 0.0958 e. The Balaban J connectivity index is 2.36. The highest BCUT2D eigenvalue weighted by molar-refractivity contribution is 9.10. The molecule has 0 atom stereocenters. The SMILES string of the molecule is Cc1sc(CCO)nc1-c1ccc(Br)cc1. The van der Waals surface area contributed by atoms with Crippen molar-refractivity contribution in [2.45, 2.75) is 13.3 Å². The molecule has 2 nitrogen and oxygen atoms in total. The van der Waals surface area contributed by atoms with Crippen LogP contribution in [0.5, 0.6) is 0 Å². The number of benzene rings is 1. The van der Waals surface area contributed by atoms with Crippen LogP contribution in [-0.4, -0.2) is 16.7 Å². The van der Waals surface area contributed by atoms with Gasteiger partial charge in [0.25, 0.3) is 0 Å². The van der Waals surface area contributed by atoms with E-state index in [9.17, 15) is 0 Å². The number of aromatic nitrogens is 1. The number of aliphatic hydroxyl groups is 1. The Morgan fingerprint density at radius 2 is 2.00 bits per heavy atom. The largest absolute Gasteiger partial charge is 0.396 e. The van der Waals surface area contributed by atoms with Gasteiger partial charge in [-0.1, -0.05) is 28.1 Å². The summed E-state index contributed by atoms with van der Waals surface area (Å²) in [6, 6.07) is 8.13. The molecular formula is C12H12BrNOS. The molecule has 2 aromatic rings. The maximum Gasteiger partial charge on any atom is 0.0958 e. The van der Waals surface area contributed by atoms with E-state index in [1.807, 2.05) is 12.1 Å². The molecule has 0 fully saturated rings. The lowest BCUT2D eigenvalue weighted by molar-refractivity contribution is 0.299. The summed E-state index contributed by atoms with van der Waals surface area (Å²) in [7, 11) is 0. The van der Waals surface area contributed by atoms with E-state index in [1.54, 1.807) is 11.3 Å². The number of hydrogen-bond acceptors (Lipinski definition) is 3. The Morgan fingerprint density at radius 1 is 1.31 bits per heavy atom. The van der Waals surface area contributed by atoms with Crippen LogP contribution in [0.4, 0.5) is 0 Å². The van der Waals surface area contributed by atoms with Crippen LogP contribution < -0.4 is 0 Å². The Kier molecular flexibility index (Phi) is 3.74. The second-order valence-electron chi connectivity index (χ2n) is 3.49. The zero-order valence-corrected chi connectivity index (χ0v) is 11.3. The Morgan fingerprint density at radius 3 is 2.62 bits per heavy atom. The minimum atomic E-state index is 0.159. The highest BCUT2D eigenvalue weighted by Gasteiger charge is 2.09. The fraction of sp³-hybridized carbons (Fsp3) is 0.250. The van der Waals surface area contributed by atoms with E-state index < -0.39 is 0 Å². The monoisotopic (exact) mass is 297 g/mol. The van der Waals surface area contributed by atoms with E-state index in [0.717, 1.165) is 20.7 Å². The number of aryl methyl sites for hydroxylation is 1. The molecule has 1 aromatic heterocycles. The van der Waals surface area contributed by atoms with Crippen molar-refractivity contribution in [3.8, 4) is 11.3 Å². The van der Waals surface area contributed by atoms with E-state index in [2.05, 4.69) is 40.0 Å². The molecule has 4 heteroatoms. The topological polar surface area (TPSA) is 33.1 Å². The molecule has 0 saturated carbocycles. The van der Waals surface area contributed by atoms with Gasteiger partial charge < -0.3 is 5.11 Å². The molecule has 2 rings (SSSR count). The summed E-state index contributed by atoms with van der Waals surface area (Å²) in [5.41, 5.74) is 2.15. The number of aliphatic hydroxyl groups excluding tert-OH is 1. The summed E-state index contributed by atoms with van der Waals surface area (Å²) in [5.74, 6) is 0. The third-order valence-electron chi connectivity index (χ3n) is 2.28. The summed E-state index contributed by atoms with van der Waals surface area (Å²) in [6.45, 7) is 2.22. The highest BCUT2D eigenvalue weighted by atomic mass is 79.9. The first-order valence-corrected chi connectivity index (χ1v) is 6.65. The molecule has 1 aromatic carbocycles. The second-order valence-corrected chi connectivity index (χ2v) is 5.70. The molecule has 16 heavy (non-hydrogen) atoms. The van der Waals surface area contributed by atoms with Crippen LogP contribution in [0.3, 0.4) is 0 Å².